The molecule has 0 bridgehead atoms. The lowest BCUT2D eigenvalue weighted by molar-refractivity contribution is -0.384. The van der Waals surface area contributed by atoms with Crippen LogP contribution in [0.2, 0.25) is 0 Å². The lowest BCUT2D eigenvalue weighted by Crippen LogP contribution is -2.43. The Balaban J connectivity index is 1.55. The van der Waals surface area contributed by atoms with Crippen molar-refractivity contribution in [2.45, 2.75) is 20.4 Å². The first-order valence-corrected chi connectivity index (χ1v) is 11.7. The molecule has 0 aliphatic carbocycles. The summed E-state index contributed by atoms with van der Waals surface area (Å²) < 4.78 is 10.7. The molecule has 1 aliphatic heterocycles. The Morgan fingerprint density at radius 1 is 1.22 bits per heavy atom. The summed E-state index contributed by atoms with van der Waals surface area (Å²) in [4.78, 5) is 34.7. The molecule has 0 amide bonds. The van der Waals surface area contributed by atoms with E-state index in [2.05, 4.69) is 20.6 Å². The highest BCUT2D eigenvalue weighted by Gasteiger charge is 2.30. The highest BCUT2D eigenvalue weighted by molar-refractivity contribution is 5.94. The first-order valence-electron chi connectivity index (χ1n) is 11.7. The minimum atomic E-state index is -0.777. The number of aromatic nitrogens is 2. The van der Waals surface area contributed by atoms with Crippen LogP contribution in [0.4, 0.5) is 17.2 Å². The average Bonchev–Trinajstić information content (AvgIpc) is 2.87. The van der Waals surface area contributed by atoms with Gasteiger partial charge >= 0.3 is 5.97 Å². The van der Waals surface area contributed by atoms with Crippen LogP contribution < -0.4 is 20.3 Å². The van der Waals surface area contributed by atoms with Crippen molar-refractivity contribution in [1.82, 2.24) is 15.3 Å². The summed E-state index contributed by atoms with van der Waals surface area (Å²) in [7, 11) is 1.54. The molecule has 1 fully saturated rings. The van der Waals surface area contributed by atoms with Crippen molar-refractivity contribution in [1.29, 1.82) is 0 Å². The third-order valence-corrected chi connectivity index (χ3v) is 6.01. The molecule has 0 spiro atoms. The Labute approximate surface area is 209 Å². The van der Waals surface area contributed by atoms with Gasteiger partial charge in [-0.1, -0.05) is 12.1 Å². The SMILES string of the molecule is COCC(C)(C)C(=O)Oc1cccc(CNc2ncnc3cc(N4CCNCC4)c([N+](=O)[O-])cc23)c1. The van der Waals surface area contributed by atoms with Gasteiger partial charge in [-0.05, 0) is 37.6 Å². The van der Waals surface area contributed by atoms with Crippen molar-refractivity contribution in [2.75, 3.05) is 50.1 Å². The molecule has 2 heterocycles. The molecule has 0 unspecified atom stereocenters. The summed E-state index contributed by atoms with van der Waals surface area (Å²) in [5.41, 5.74) is 1.28. The van der Waals surface area contributed by atoms with Crippen LogP contribution >= 0.6 is 0 Å². The second-order valence-electron chi connectivity index (χ2n) is 9.28. The number of fused-ring (bicyclic) bond motifs is 1. The number of benzene rings is 2. The van der Waals surface area contributed by atoms with Crippen LogP contribution in [0, 0.1) is 15.5 Å². The van der Waals surface area contributed by atoms with Crippen molar-refractivity contribution < 1.29 is 19.2 Å². The molecule has 1 saturated heterocycles. The van der Waals surface area contributed by atoms with E-state index in [1.165, 1.54) is 12.4 Å². The minimum Gasteiger partial charge on any atom is -0.426 e. The number of esters is 1. The molecule has 0 saturated carbocycles. The number of ether oxygens (including phenoxy) is 2. The third kappa shape index (κ3) is 5.69. The number of hydrogen-bond donors (Lipinski definition) is 2. The lowest BCUT2D eigenvalue weighted by atomic mass is 9.95. The maximum atomic E-state index is 12.5. The fourth-order valence-electron chi connectivity index (χ4n) is 4.10. The summed E-state index contributed by atoms with van der Waals surface area (Å²) in [6.07, 6.45) is 1.44. The lowest BCUT2D eigenvalue weighted by Gasteiger charge is -2.29. The van der Waals surface area contributed by atoms with E-state index >= 15 is 0 Å². The van der Waals surface area contributed by atoms with E-state index in [1.807, 2.05) is 11.0 Å². The second kappa shape index (κ2) is 10.8. The Hall–Kier alpha value is -3.83. The van der Waals surface area contributed by atoms with Gasteiger partial charge in [0, 0.05) is 51.3 Å². The van der Waals surface area contributed by atoms with Gasteiger partial charge in [-0.15, -0.1) is 0 Å². The van der Waals surface area contributed by atoms with E-state index in [0.717, 1.165) is 18.7 Å². The average molecular weight is 495 g/mol. The van der Waals surface area contributed by atoms with Crippen LogP contribution in [-0.2, 0) is 16.1 Å². The molecule has 2 N–H and O–H groups in total. The molecule has 2 aromatic carbocycles. The van der Waals surface area contributed by atoms with Gasteiger partial charge in [0.1, 0.15) is 23.6 Å². The Morgan fingerprint density at radius 3 is 2.72 bits per heavy atom. The number of methoxy groups -OCH3 is 1. The van der Waals surface area contributed by atoms with Crippen molar-refractivity contribution in [3.63, 3.8) is 0 Å². The standard InChI is InChI=1S/C25H30N6O5/c1-25(2,15-35-3)24(32)36-18-6-4-5-17(11-18)14-27-23-19-12-22(31(33)34)21(13-20(19)28-16-29-23)30-9-7-26-8-10-30/h4-6,11-13,16,26H,7-10,14-15H2,1-3H3,(H,27,28,29). The molecule has 0 atom stereocenters. The van der Waals surface area contributed by atoms with Crippen molar-refractivity contribution in [3.05, 3.63) is 58.4 Å². The smallest absolute Gasteiger partial charge is 0.319 e. The summed E-state index contributed by atoms with van der Waals surface area (Å²) in [6.45, 7) is 7.05. The number of hydrogen-bond acceptors (Lipinski definition) is 10. The van der Waals surface area contributed by atoms with Crippen LogP contribution in [0.15, 0.2) is 42.7 Å². The summed E-state index contributed by atoms with van der Waals surface area (Å²) in [5, 5.41) is 19.0. The highest BCUT2D eigenvalue weighted by Crippen LogP contribution is 2.35. The molecule has 4 rings (SSSR count). The van der Waals surface area contributed by atoms with Crippen LogP contribution in [-0.4, -0.2) is 60.8 Å². The van der Waals surface area contributed by atoms with Crippen LogP contribution in [0.1, 0.15) is 19.4 Å². The fourth-order valence-corrected chi connectivity index (χ4v) is 4.10. The number of nitro benzene ring substituents is 1. The number of carbonyl (C=O) groups excluding carboxylic acids is 1. The number of carbonyl (C=O) groups is 1. The maximum absolute atomic E-state index is 12.5. The molecule has 11 heteroatoms. The summed E-state index contributed by atoms with van der Waals surface area (Å²) in [5.74, 6) is 0.523. The van der Waals surface area contributed by atoms with Crippen LogP contribution in [0.25, 0.3) is 10.9 Å². The fraction of sp³-hybridized carbons (Fsp3) is 0.400. The molecule has 1 aromatic heterocycles. The molecular formula is C25H30N6O5. The van der Waals surface area contributed by atoms with E-state index < -0.39 is 5.41 Å². The zero-order valence-electron chi connectivity index (χ0n) is 20.6. The number of nitrogens with zero attached hydrogens (tertiary/aromatic N) is 4. The summed E-state index contributed by atoms with van der Waals surface area (Å²) >= 11 is 0. The molecule has 3 aromatic rings. The highest BCUT2D eigenvalue weighted by atomic mass is 16.6. The number of nitrogens with one attached hydrogen (secondary N) is 2. The van der Waals surface area contributed by atoms with E-state index in [1.54, 1.807) is 45.2 Å². The third-order valence-electron chi connectivity index (χ3n) is 6.01. The van der Waals surface area contributed by atoms with Gasteiger partial charge < -0.3 is 25.0 Å². The van der Waals surface area contributed by atoms with E-state index in [-0.39, 0.29) is 23.2 Å². The Morgan fingerprint density at radius 2 is 2.00 bits per heavy atom. The summed E-state index contributed by atoms with van der Waals surface area (Å²) in [6, 6.07) is 10.5. The zero-order chi connectivity index (χ0) is 25.7. The topological polar surface area (TPSA) is 132 Å². The van der Waals surface area contributed by atoms with Gasteiger partial charge in [0.25, 0.3) is 5.69 Å². The van der Waals surface area contributed by atoms with Crippen LogP contribution in [0.5, 0.6) is 5.75 Å². The van der Waals surface area contributed by atoms with E-state index in [0.29, 0.717) is 47.8 Å². The first-order chi connectivity index (χ1) is 17.3. The van der Waals surface area contributed by atoms with Gasteiger partial charge in [-0.25, -0.2) is 9.97 Å². The van der Waals surface area contributed by atoms with Gasteiger partial charge in [0.15, 0.2) is 0 Å². The number of nitro groups is 1. The Kier molecular flexibility index (Phi) is 7.61. The molecule has 0 radical (unpaired) electrons. The zero-order valence-corrected chi connectivity index (χ0v) is 20.6. The molecule has 11 nitrogen and oxygen atoms in total. The number of anilines is 2. The number of rotatable bonds is 9. The Bertz CT molecular complexity index is 1260. The predicted octanol–water partition coefficient (Wildman–Crippen LogP) is 3.14. The molecular weight excluding hydrogens is 464 g/mol. The van der Waals surface area contributed by atoms with Gasteiger partial charge in [-0.2, -0.15) is 0 Å². The largest absolute Gasteiger partial charge is 0.426 e. The van der Waals surface area contributed by atoms with Gasteiger partial charge in [0.2, 0.25) is 0 Å². The van der Waals surface area contributed by atoms with Gasteiger partial charge in [-0.3, -0.25) is 14.9 Å². The molecule has 36 heavy (non-hydrogen) atoms. The van der Waals surface area contributed by atoms with Crippen molar-refractivity contribution in [3.8, 4) is 5.75 Å². The second-order valence-corrected chi connectivity index (χ2v) is 9.28. The molecule has 1 aliphatic rings. The normalized spacial score (nSPS) is 14.0. The van der Waals surface area contributed by atoms with Gasteiger partial charge in [0.05, 0.1) is 22.5 Å². The predicted molar refractivity (Wildman–Crippen MR) is 136 cm³/mol. The van der Waals surface area contributed by atoms with E-state index in [9.17, 15) is 14.9 Å². The first kappa shape index (κ1) is 25.3. The number of piperazine rings is 1. The van der Waals surface area contributed by atoms with Crippen molar-refractivity contribution in [2.24, 2.45) is 5.41 Å². The monoisotopic (exact) mass is 494 g/mol. The molecule has 190 valence electrons. The van der Waals surface area contributed by atoms with Crippen LogP contribution in [0.3, 0.4) is 0 Å². The van der Waals surface area contributed by atoms with E-state index in [4.69, 9.17) is 9.47 Å². The minimum absolute atomic E-state index is 0.0230. The van der Waals surface area contributed by atoms with Crippen molar-refractivity contribution >= 4 is 34.1 Å². The maximum Gasteiger partial charge on any atom is 0.319 e. The quantitative estimate of drug-likeness (QED) is 0.198.